The van der Waals surface area contributed by atoms with Gasteiger partial charge in [0.1, 0.15) is 16.8 Å². The summed E-state index contributed by atoms with van der Waals surface area (Å²) in [5.41, 5.74) is 0.449. The fourth-order valence-electron chi connectivity index (χ4n) is 2.32. The zero-order chi connectivity index (χ0) is 18.7. The molecule has 0 atom stereocenters. The number of non-ortho nitro benzene ring substituents is 1. The van der Waals surface area contributed by atoms with Crippen LogP contribution in [0.5, 0.6) is 5.75 Å². The highest BCUT2D eigenvalue weighted by Gasteiger charge is 2.23. The van der Waals surface area contributed by atoms with Crippen molar-refractivity contribution >= 4 is 22.8 Å². The lowest BCUT2D eigenvalue weighted by molar-refractivity contribution is -0.384. The Bertz CT molecular complexity index is 1030. The lowest BCUT2D eigenvalue weighted by atomic mass is 10.1. The second kappa shape index (κ2) is 6.94. The molecule has 0 spiro atoms. The highest BCUT2D eigenvalue weighted by atomic mass is 16.6. The maximum Gasteiger partial charge on any atom is 0.343 e. The molecule has 130 valence electrons. The standard InChI is InChI=1S/C18H12N2O6/c1-3-8-25-18(21)14-9-12(20(22)23)10-15-16(14)26-17(19-15)11-4-6-13(24-2)7-5-11/h1,4-7,9-10H,8H2,2H3. The number of nitro benzene ring substituents is 1. The van der Waals surface area contributed by atoms with Gasteiger partial charge in [0.2, 0.25) is 5.89 Å². The van der Waals surface area contributed by atoms with Crippen LogP contribution < -0.4 is 4.74 Å². The number of esters is 1. The predicted octanol–water partition coefficient (Wildman–Crippen LogP) is 3.20. The number of carbonyl (C=O) groups excluding carboxylic acids is 1. The molecule has 0 radical (unpaired) electrons. The number of rotatable bonds is 5. The average molecular weight is 352 g/mol. The van der Waals surface area contributed by atoms with Gasteiger partial charge in [0, 0.05) is 17.7 Å². The highest BCUT2D eigenvalue weighted by Crippen LogP contribution is 2.31. The number of oxazole rings is 1. The van der Waals surface area contributed by atoms with Crippen molar-refractivity contribution in [2.75, 3.05) is 13.7 Å². The number of methoxy groups -OCH3 is 1. The summed E-state index contributed by atoms with van der Waals surface area (Å²) in [5, 5.41) is 11.1. The van der Waals surface area contributed by atoms with Crippen LogP contribution >= 0.6 is 0 Å². The van der Waals surface area contributed by atoms with Gasteiger partial charge in [-0.25, -0.2) is 9.78 Å². The minimum Gasteiger partial charge on any atom is -0.497 e. The second-order valence-electron chi connectivity index (χ2n) is 5.13. The van der Waals surface area contributed by atoms with Gasteiger partial charge >= 0.3 is 5.97 Å². The third-order valence-corrected chi connectivity index (χ3v) is 3.53. The van der Waals surface area contributed by atoms with Crippen LogP contribution in [0.1, 0.15) is 10.4 Å². The molecule has 0 aliphatic rings. The van der Waals surface area contributed by atoms with Crippen molar-refractivity contribution in [2.45, 2.75) is 0 Å². The fraction of sp³-hybridized carbons (Fsp3) is 0.111. The first-order chi connectivity index (χ1) is 12.5. The molecule has 1 aromatic heterocycles. The van der Waals surface area contributed by atoms with E-state index in [9.17, 15) is 14.9 Å². The number of nitrogens with zero attached hydrogens (tertiary/aromatic N) is 2. The van der Waals surface area contributed by atoms with Crippen molar-refractivity contribution in [1.82, 2.24) is 4.98 Å². The van der Waals surface area contributed by atoms with Crippen molar-refractivity contribution in [3.8, 4) is 29.5 Å². The Balaban J connectivity index is 2.13. The summed E-state index contributed by atoms with van der Waals surface area (Å²) < 4.78 is 15.6. The summed E-state index contributed by atoms with van der Waals surface area (Å²) >= 11 is 0. The Morgan fingerprint density at radius 3 is 2.69 bits per heavy atom. The normalized spacial score (nSPS) is 10.3. The van der Waals surface area contributed by atoms with E-state index in [1.165, 1.54) is 6.07 Å². The van der Waals surface area contributed by atoms with Crippen LogP contribution in [0.15, 0.2) is 40.8 Å². The topological polar surface area (TPSA) is 105 Å². The number of nitro groups is 1. The quantitative estimate of drug-likeness (QED) is 0.300. The Morgan fingerprint density at radius 1 is 1.35 bits per heavy atom. The molecule has 8 heteroatoms. The lowest BCUT2D eigenvalue weighted by Gasteiger charge is -2.01. The smallest absolute Gasteiger partial charge is 0.343 e. The Hall–Kier alpha value is -3.86. The van der Waals surface area contributed by atoms with E-state index in [-0.39, 0.29) is 34.8 Å². The SMILES string of the molecule is C#CCOC(=O)c1cc([N+](=O)[O-])cc2nc(-c3ccc(OC)cc3)oc12. The number of carbonyl (C=O) groups is 1. The van der Waals surface area contributed by atoms with E-state index in [1.807, 2.05) is 0 Å². The zero-order valence-corrected chi connectivity index (χ0v) is 13.6. The number of benzene rings is 2. The number of hydrogen-bond acceptors (Lipinski definition) is 7. The van der Waals surface area contributed by atoms with E-state index in [4.69, 9.17) is 20.3 Å². The number of ether oxygens (including phenoxy) is 2. The molecule has 0 fully saturated rings. The first kappa shape index (κ1) is 17.0. The largest absolute Gasteiger partial charge is 0.497 e. The molecule has 0 bridgehead atoms. The maximum atomic E-state index is 12.2. The minimum atomic E-state index is -0.825. The maximum absolute atomic E-state index is 12.2. The summed E-state index contributed by atoms with van der Waals surface area (Å²) in [6.07, 6.45) is 5.07. The van der Waals surface area contributed by atoms with Gasteiger partial charge in [-0.3, -0.25) is 10.1 Å². The molecule has 1 heterocycles. The van der Waals surface area contributed by atoms with Gasteiger partial charge in [0.15, 0.2) is 12.2 Å². The summed E-state index contributed by atoms with van der Waals surface area (Å²) in [7, 11) is 1.54. The number of hydrogen-bond donors (Lipinski definition) is 0. The molecule has 0 N–H and O–H groups in total. The zero-order valence-electron chi connectivity index (χ0n) is 13.6. The van der Waals surface area contributed by atoms with Gasteiger partial charge in [-0.15, -0.1) is 6.42 Å². The molecular weight excluding hydrogens is 340 g/mol. The van der Waals surface area contributed by atoms with E-state index >= 15 is 0 Å². The Kier molecular flexibility index (Phi) is 4.53. The second-order valence-corrected chi connectivity index (χ2v) is 5.13. The van der Waals surface area contributed by atoms with Crippen LogP contribution in [-0.2, 0) is 4.74 Å². The van der Waals surface area contributed by atoms with Crippen molar-refractivity contribution < 1.29 is 23.6 Å². The van der Waals surface area contributed by atoms with E-state index < -0.39 is 10.9 Å². The van der Waals surface area contributed by atoms with E-state index in [0.717, 1.165) is 6.07 Å². The van der Waals surface area contributed by atoms with Crippen LogP contribution in [0, 0.1) is 22.5 Å². The summed E-state index contributed by atoms with van der Waals surface area (Å²) in [4.78, 5) is 26.9. The number of fused-ring (bicyclic) bond motifs is 1. The van der Waals surface area contributed by atoms with Crippen molar-refractivity contribution in [2.24, 2.45) is 0 Å². The molecule has 0 saturated carbocycles. The molecule has 0 aliphatic heterocycles. The predicted molar refractivity (Wildman–Crippen MR) is 91.8 cm³/mol. The first-order valence-corrected chi connectivity index (χ1v) is 7.37. The van der Waals surface area contributed by atoms with Crippen LogP contribution in [0.2, 0.25) is 0 Å². The fourth-order valence-corrected chi connectivity index (χ4v) is 2.32. The van der Waals surface area contributed by atoms with Crippen molar-refractivity contribution in [1.29, 1.82) is 0 Å². The van der Waals surface area contributed by atoms with Gasteiger partial charge in [-0.2, -0.15) is 0 Å². The van der Waals surface area contributed by atoms with Crippen molar-refractivity contribution in [3.05, 3.63) is 52.1 Å². The van der Waals surface area contributed by atoms with E-state index in [1.54, 1.807) is 31.4 Å². The minimum absolute atomic E-state index is 0.0865. The van der Waals surface area contributed by atoms with Gasteiger partial charge in [-0.05, 0) is 24.3 Å². The molecule has 0 aliphatic carbocycles. The molecule has 0 amide bonds. The summed E-state index contributed by atoms with van der Waals surface area (Å²) in [6.45, 7) is -0.261. The third kappa shape index (κ3) is 3.18. The molecule has 26 heavy (non-hydrogen) atoms. The highest BCUT2D eigenvalue weighted by molar-refractivity contribution is 6.02. The molecule has 3 rings (SSSR count). The summed E-state index contributed by atoms with van der Waals surface area (Å²) in [5.74, 6) is 2.19. The van der Waals surface area contributed by atoms with Gasteiger partial charge < -0.3 is 13.9 Å². The van der Waals surface area contributed by atoms with Crippen LogP contribution in [0.25, 0.3) is 22.6 Å². The van der Waals surface area contributed by atoms with Crippen molar-refractivity contribution in [3.63, 3.8) is 0 Å². The molecule has 2 aromatic carbocycles. The first-order valence-electron chi connectivity index (χ1n) is 7.37. The Labute approximate surface area is 147 Å². The third-order valence-electron chi connectivity index (χ3n) is 3.53. The molecule has 0 saturated heterocycles. The van der Waals surface area contributed by atoms with Gasteiger partial charge in [-0.1, -0.05) is 5.92 Å². The van der Waals surface area contributed by atoms with Gasteiger partial charge in [0.25, 0.3) is 5.69 Å². The molecule has 3 aromatic rings. The van der Waals surface area contributed by atoms with Crippen LogP contribution in [0.4, 0.5) is 5.69 Å². The number of terminal acetylenes is 1. The van der Waals surface area contributed by atoms with E-state index in [2.05, 4.69) is 10.9 Å². The molecule has 8 nitrogen and oxygen atoms in total. The number of aromatic nitrogens is 1. The Morgan fingerprint density at radius 2 is 2.08 bits per heavy atom. The van der Waals surface area contributed by atoms with Crippen LogP contribution in [-0.4, -0.2) is 29.6 Å². The summed E-state index contributed by atoms with van der Waals surface area (Å²) in [6, 6.07) is 9.17. The van der Waals surface area contributed by atoms with Crippen LogP contribution in [0.3, 0.4) is 0 Å². The lowest BCUT2D eigenvalue weighted by Crippen LogP contribution is -2.06. The van der Waals surface area contributed by atoms with E-state index in [0.29, 0.717) is 11.3 Å². The average Bonchev–Trinajstić information content (AvgIpc) is 3.09. The monoisotopic (exact) mass is 352 g/mol. The molecule has 0 unspecified atom stereocenters. The molecular formula is C18H12N2O6. The van der Waals surface area contributed by atoms with Gasteiger partial charge in [0.05, 0.1) is 12.0 Å².